The first-order valence-corrected chi connectivity index (χ1v) is 1.01. The van der Waals surface area contributed by atoms with E-state index in [1.807, 2.05) is 0 Å². The van der Waals surface area contributed by atoms with Crippen LogP contribution in [0.2, 0.25) is 0 Å². The van der Waals surface area contributed by atoms with Gasteiger partial charge in [-0.1, -0.05) is 0 Å². The summed E-state index contributed by atoms with van der Waals surface area (Å²) in [6.07, 6.45) is 0. The molecular weight excluding hydrogens is 183 g/mol. The van der Waals surface area contributed by atoms with Gasteiger partial charge in [-0.25, -0.2) is 0 Å². The maximum atomic E-state index is 6.47. The molecule has 0 saturated heterocycles. The van der Waals surface area contributed by atoms with Crippen LogP contribution in [0.25, 0.3) is 0 Å². The zero-order chi connectivity index (χ0) is 4.00. The second-order valence-electron chi connectivity index (χ2n) is 0. The van der Waals surface area contributed by atoms with Crippen molar-refractivity contribution in [2.75, 3.05) is 0 Å². The van der Waals surface area contributed by atoms with Crippen molar-refractivity contribution in [1.29, 1.82) is 0 Å². The SMILES string of the molecule is OCl.OCl.[CaH2].[CaH2]. The molecule has 6 heteroatoms. The number of hydrogen-bond acceptors (Lipinski definition) is 2. The van der Waals surface area contributed by atoms with E-state index in [4.69, 9.17) is 9.32 Å². The van der Waals surface area contributed by atoms with Crippen LogP contribution in [0.3, 0.4) is 0 Å². The Hall–Kier alpha value is 3.02. The Labute approximate surface area is 106 Å². The summed E-state index contributed by atoms with van der Waals surface area (Å²) in [7, 11) is 0. The first-order valence-electron chi connectivity index (χ1n) is 0.338. The van der Waals surface area contributed by atoms with E-state index in [1.54, 1.807) is 0 Å². The first-order chi connectivity index (χ1) is 2.00. The monoisotopic (exact) mass is 188 g/mol. The van der Waals surface area contributed by atoms with Crippen molar-refractivity contribution in [2.45, 2.75) is 0 Å². The summed E-state index contributed by atoms with van der Waals surface area (Å²) < 4.78 is 12.9. The van der Waals surface area contributed by atoms with Crippen LogP contribution in [0.5, 0.6) is 0 Å². The zero-order valence-corrected chi connectivity index (χ0v) is 3.16. The van der Waals surface area contributed by atoms with E-state index in [1.165, 1.54) is 0 Å². The van der Waals surface area contributed by atoms with Crippen LogP contribution in [-0.4, -0.2) is 84.8 Å². The van der Waals surface area contributed by atoms with Crippen molar-refractivity contribution in [2.24, 2.45) is 0 Å². The fraction of sp³-hybridized carbons (Fsp3) is 0. The third kappa shape index (κ3) is 27.9. The standard InChI is InChI=1S/2Ca.2ClHO.4H/c;;2*1-2;;;;/h;;2*2H;;;;. The second kappa shape index (κ2) is 43.3. The van der Waals surface area contributed by atoms with E-state index in [0.717, 1.165) is 0 Å². The van der Waals surface area contributed by atoms with Gasteiger partial charge in [-0.05, 0) is 0 Å². The Balaban J connectivity index is -0.00000000500. The molecule has 0 aromatic carbocycles. The van der Waals surface area contributed by atoms with Gasteiger partial charge in [0.2, 0.25) is 0 Å². The molecule has 0 aliphatic heterocycles. The van der Waals surface area contributed by atoms with Crippen LogP contribution in [-0.2, 0) is 0 Å². The fourth-order valence-corrected chi connectivity index (χ4v) is 0. The van der Waals surface area contributed by atoms with Crippen LogP contribution < -0.4 is 0 Å². The average Bonchev–Trinajstić information content (AvgIpc) is 1.50. The Morgan fingerprint density at radius 1 is 0.667 bits per heavy atom. The van der Waals surface area contributed by atoms with Gasteiger partial charge in [0.1, 0.15) is 0 Å². The molecule has 0 radical (unpaired) electrons. The van der Waals surface area contributed by atoms with Crippen molar-refractivity contribution >= 4 is 99.2 Å². The van der Waals surface area contributed by atoms with Gasteiger partial charge in [0.25, 0.3) is 0 Å². The van der Waals surface area contributed by atoms with Gasteiger partial charge in [0.05, 0.1) is 23.7 Å². The molecule has 0 fully saturated rings. The molecule has 2 N–H and O–H groups in total. The Morgan fingerprint density at radius 3 is 0.667 bits per heavy atom. The molecule has 0 spiro atoms. The van der Waals surface area contributed by atoms with Crippen LogP contribution in [0.4, 0.5) is 0 Å². The van der Waals surface area contributed by atoms with Crippen molar-refractivity contribution in [3.8, 4) is 0 Å². The summed E-state index contributed by atoms with van der Waals surface area (Å²) in [5, 5.41) is 0. The molecule has 6 heavy (non-hydrogen) atoms. The molecule has 0 aliphatic rings. The van der Waals surface area contributed by atoms with Gasteiger partial charge in [-0.2, -0.15) is 0 Å². The molecule has 0 unspecified atom stereocenters. The van der Waals surface area contributed by atoms with Gasteiger partial charge in [0, 0.05) is 0 Å². The van der Waals surface area contributed by atoms with E-state index in [2.05, 4.69) is 23.7 Å². The first kappa shape index (κ1) is 23.0. The quantitative estimate of drug-likeness (QED) is 0.452. The molecule has 36 valence electrons. The molecule has 0 amide bonds. The molecule has 0 saturated carbocycles. The van der Waals surface area contributed by atoms with Crippen molar-refractivity contribution in [3.05, 3.63) is 0 Å². The summed E-state index contributed by atoms with van der Waals surface area (Å²) in [4.78, 5) is 0. The molecule has 0 aromatic heterocycles. The van der Waals surface area contributed by atoms with Crippen molar-refractivity contribution < 1.29 is 9.32 Å². The number of halogens is 2. The van der Waals surface area contributed by atoms with Gasteiger partial charge < -0.3 is 0 Å². The topological polar surface area (TPSA) is 40.5 Å². The summed E-state index contributed by atoms with van der Waals surface area (Å²) >= 11 is 7.28. The second-order valence-corrected chi connectivity index (χ2v) is 0. The summed E-state index contributed by atoms with van der Waals surface area (Å²) in [6.45, 7) is 0. The van der Waals surface area contributed by atoms with Crippen LogP contribution in [0, 0.1) is 0 Å². The summed E-state index contributed by atoms with van der Waals surface area (Å²) in [6, 6.07) is 0. The van der Waals surface area contributed by atoms with Crippen LogP contribution >= 0.6 is 23.7 Å². The zero-order valence-electron chi connectivity index (χ0n) is 1.65. The van der Waals surface area contributed by atoms with Crippen LogP contribution in [0.1, 0.15) is 0 Å². The Morgan fingerprint density at radius 2 is 0.667 bits per heavy atom. The Bertz CT molecular complexity index is 9.51. The Kier molecular flexibility index (Phi) is 166. The predicted octanol–water partition coefficient (Wildman–Crippen LogP) is -1.57. The molecule has 0 aliphatic carbocycles. The fourth-order valence-electron chi connectivity index (χ4n) is 0. The molecule has 0 rings (SSSR count). The maximum absolute atomic E-state index is 6.47. The number of hydrogen-bond donors (Lipinski definition) is 2. The normalized spacial score (nSPS) is 2.00. The van der Waals surface area contributed by atoms with Gasteiger partial charge >= 0.3 is 75.5 Å². The molecule has 0 atom stereocenters. The average molecular weight is 189 g/mol. The molecule has 0 bridgehead atoms. The van der Waals surface area contributed by atoms with Gasteiger partial charge in [-0.3, -0.25) is 9.32 Å². The van der Waals surface area contributed by atoms with E-state index in [0.29, 0.717) is 0 Å². The summed E-state index contributed by atoms with van der Waals surface area (Å²) in [5.74, 6) is 0. The minimum absolute atomic E-state index is 0. The van der Waals surface area contributed by atoms with E-state index in [9.17, 15) is 0 Å². The molecule has 2 nitrogen and oxygen atoms in total. The van der Waals surface area contributed by atoms with E-state index < -0.39 is 0 Å². The summed E-state index contributed by atoms with van der Waals surface area (Å²) in [5.41, 5.74) is 0. The van der Waals surface area contributed by atoms with Gasteiger partial charge in [-0.15, -0.1) is 0 Å². The van der Waals surface area contributed by atoms with Gasteiger partial charge in [0.15, 0.2) is 0 Å². The molecular formula is H6Ca2Cl2O2. The predicted molar refractivity (Wildman–Crippen MR) is 33.2 cm³/mol. The number of rotatable bonds is 0. The molecule has 0 aromatic rings. The minimum atomic E-state index is 0. The van der Waals surface area contributed by atoms with Crippen molar-refractivity contribution in [3.63, 3.8) is 0 Å². The third-order valence-electron chi connectivity index (χ3n) is 0. The van der Waals surface area contributed by atoms with Crippen LogP contribution in [0.15, 0.2) is 0 Å². The molecule has 0 heterocycles. The third-order valence-corrected chi connectivity index (χ3v) is 0. The van der Waals surface area contributed by atoms with E-state index in [-0.39, 0.29) is 75.5 Å². The van der Waals surface area contributed by atoms with E-state index >= 15 is 0 Å². The van der Waals surface area contributed by atoms with Crippen molar-refractivity contribution in [1.82, 2.24) is 0 Å².